The molecule has 2 saturated carbocycles. The summed E-state index contributed by atoms with van der Waals surface area (Å²) in [5, 5.41) is 11.1. The maximum atomic E-state index is 13.4. The van der Waals surface area contributed by atoms with Crippen molar-refractivity contribution in [2.24, 2.45) is 11.8 Å². The molecule has 3 N–H and O–H groups in total. The van der Waals surface area contributed by atoms with E-state index >= 15 is 0 Å². The number of rotatable bonds is 7. The first kappa shape index (κ1) is 24.1. The van der Waals surface area contributed by atoms with E-state index in [1.54, 1.807) is 24.3 Å². The highest BCUT2D eigenvalue weighted by atomic mass is 35.5. The van der Waals surface area contributed by atoms with Gasteiger partial charge in [-0.3, -0.25) is 14.4 Å². The van der Waals surface area contributed by atoms with Gasteiger partial charge in [0, 0.05) is 17.1 Å². The number of nitrogens with one attached hydrogen (secondary N) is 3. The van der Waals surface area contributed by atoms with Crippen LogP contribution in [-0.2, 0) is 21.7 Å². The molecule has 5 rings (SSSR count). The lowest BCUT2D eigenvalue weighted by Gasteiger charge is -2.21. The molecule has 0 spiro atoms. The Labute approximate surface area is 215 Å². The van der Waals surface area contributed by atoms with Crippen molar-refractivity contribution in [3.05, 3.63) is 68.5 Å². The topological polar surface area (TPSA) is 87.3 Å². The monoisotopic (exact) mass is 501 g/mol. The Kier molecular flexibility index (Phi) is 6.59. The molecule has 3 aliphatic carbocycles. The molecular weight excluding hydrogens is 474 g/mol. The lowest BCUT2D eigenvalue weighted by molar-refractivity contribution is -0.139. The van der Waals surface area contributed by atoms with Crippen molar-refractivity contribution >= 4 is 41.5 Å². The number of hydrogen-bond acceptors (Lipinski definition) is 3. The van der Waals surface area contributed by atoms with Gasteiger partial charge in [-0.2, -0.15) is 0 Å². The standard InChI is InChI=1S/C29H28ClN3O3/c1-2-13-31-27(35)28(36)32-17-20-5-3-4-6-24(20)26(34)33-29(11-12-29)22-15-21-14-19(18-7-8-18)9-10-23(21)25(30)16-22/h1,3-6,10,14-16,18-19H,7-9,11-13,17H2,(H,31,35)(H,32,36)(H,33,34). The summed E-state index contributed by atoms with van der Waals surface area (Å²) in [6.07, 6.45) is 15.0. The van der Waals surface area contributed by atoms with Gasteiger partial charge in [0.05, 0.1) is 12.1 Å². The average Bonchev–Trinajstić information content (AvgIpc) is 3.81. The fourth-order valence-electron chi connectivity index (χ4n) is 4.93. The molecule has 3 aliphatic rings. The van der Waals surface area contributed by atoms with E-state index in [1.165, 1.54) is 12.8 Å². The van der Waals surface area contributed by atoms with E-state index in [9.17, 15) is 14.4 Å². The van der Waals surface area contributed by atoms with Crippen molar-refractivity contribution < 1.29 is 14.4 Å². The molecule has 36 heavy (non-hydrogen) atoms. The summed E-state index contributed by atoms with van der Waals surface area (Å²) in [7, 11) is 0. The van der Waals surface area contributed by atoms with Crippen molar-refractivity contribution in [2.75, 3.05) is 6.54 Å². The van der Waals surface area contributed by atoms with Gasteiger partial charge in [0.25, 0.3) is 5.91 Å². The highest BCUT2D eigenvalue weighted by Crippen LogP contribution is 2.46. The molecule has 1 atom stereocenters. The van der Waals surface area contributed by atoms with Gasteiger partial charge in [-0.1, -0.05) is 47.9 Å². The van der Waals surface area contributed by atoms with Gasteiger partial charge in [0.15, 0.2) is 0 Å². The first-order valence-corrected chi connectivity index (χ1v) is 12.7. The first-order valence-electron chi connectivity index (χ1n) is 12.3. The maximum absolute atomic E-state index is 13.4. The Morgan fingerprint density at radius 1 is 1.08 bits per heavy atom. The summed E-state index contributed by atoms with van der Waals surface area (Å²) in [5.74, 6) is 1.76. The van der Waals surface area contributed by atoms with Gasteiger partial charge in [-0.25, -0.2) is 0 Å². The van der Waals surface area contributed by atoms with Crippen molar-refractivity contribution in [1.82, 2.24) is 16.0 Å². The molecule has 2 aromatic rings. The van der Waals surface area contributed by atoms with Crippen LogP contribution in [0.25, 0.3) is 12.2 Å². The van der Waals surface area contributed by atoms with Crippen LogP contribution in [0, 0.1) is 24.2 Å². The van der Waals surface area contributed by atoms with E-state index in [0.717, 1.165) is 46.2 Å². The van der Waals surface area contributed by atoms with Crippen LogP contribution in [0.3, 0.4) is 0 Å². The minimum Gasteiger partial charge on any atom is -0.344 e. The van der Waals surface area contributed by atoms with Crippen molar-refractivity contribution in [1.29, 1.82) is 0 Å². The number of hydrogen-bond donors (Lipinski definition) is 3. The molecule has 0 aliphatic heterocycles. The van der Waals surface area contributed by atoms with Crippen molar-refractivity contribution in [2.45, 2.75) is 44.2 Å². The van der Waals surface area contributed by atoms with Gasteiger partial charge < -0.3 is 16.0 Å². The Morgan fingerprint density at radius 3 is 2.56 bits per heavy atom. The smallest absolute Gasteiger partial charge is 0.310 e. The average molecular weight is 502 g/mol. The lowest BCUT2D eigenvalue weighted by atomic mass is 9.91. The third kappa shape index (κ3) is 5.03. The van der Waals surface area contributed by atoms with E-state index in [0.29, 0.717) is 17.0 Å². The van der Waals surface area contributed by atoms with Crippen LogP contribution in [0.5, 0.6) is 0 Å². The lowest BCUT2D eigenvalue weighted by Crippen LogP contribution is -2.40. The number of benzene rings is 2. The molecule has 184 valence electrons. The number of fused-ring (bicyclic) bond motifs is 1. The fraction of sp³-hybridized carbons (Fsp3) is 0.345. The summed E-state index contributed by atoms with van der Waals surface area (Å²) in [6, 6.07) is 11.2. The molecule has 2 fully saturated rings. The van der Waals surface area contributed by atoms with Crippen molar-refractivity contribution in [3.63, 3.8) is 0 Å². The molecule has 0 radical (unpaired) electrons. The van der Waals surface area contributed by atoms with Gasteiger partial charge >= 0.3 is 11.8 Å². The van der Waals surface area contributed by atoms with Crippen LogP contribution in [0.15, 0.2) is 36.4 Å². The predicted molar refractivity (Wildman–Crippen MR) is 139 cm³/mol. The SMILES string of the molecule is C#CCNC(=O)C(=O)NCc1ccccc1C(=O)NC1(c2cc(Cl)c3c(c2)=CC(C2CC2)CC=3)CC1. The zero-order valence-corrected chi connectivity index (χ0v) is 20.7. The summed E-state index contributed by atoms with van der Waals surface area (Å²) >= 11 is 6.68. The number of carbonyl (C=O) groups excluding carboxylic acids is 3. The van der Waals surface area contributed by atoms with E-state index in [4.69, 9.17) is 18.0 Å². The molecule has 2 aromatic carbocycles. The Balaban J connectivity index is 1.33. The molecule has 6 nitrogen and oxygen atoms in total. The highest BCUT2D eigenvalue weighted by Gasteiger charge is 2.46. The van der Waals surface area contributed by atoms with Gasteiger partial charge in [0.2, 0.25) is 0 Å². The Morgan fingerprint density at radius 2 is 1.83 bits per heavy atom. The number of amides is 3. The Bertz CT molecular complexity index is 1400. The fourth-order valence-corrected chi connectivity index (χ4v) is 5.24. The third-order valence-corrected chi connectivity index (χ3v) is 7.60. The third-order valence-electron chi connectivity index (χ3n) is 7.29. The second kappa shape index (κ2) is 9.83. The summed E-state index contributed by atoms with van der Waals surface area (Å²) < 4.78 is 0. The zero-order chi connectivity index (χ0) is 25.3. The molecular formula is C29H28ClN3O3. The van der Waals surface area contributed by atoms with E-state index in [1.807, 2.05) is 6.07 Å². The Hall–Kier alpha value is -3.56. The molecule has 7 heteroatoms. The molecule has 3 amide bonds. The van der Waals surface area contributed by atoms with E-state index in [-0.39, 0.29) is 19.0 Å². The second-order valence-corrected chi connectivity index (χ2v) is 10.2. The maximum Gasteiger partial charge on any atom is 0.310 e. The van der Waals surface area contributed by atoms with Crippen LogP contribution in [0.2, 0.25) is 5.02 Å². The van der Waals surface area contributed by atoms with Crippen LogP contribution >= 0.6 is 11.6 Å². The predicted octanol–water partition coefficient (Wildman–Crippen LogP) is 2.12. The minimum atomic E-state index is -0.811. The van der Waals surface area contributed by atoms with E-state index < -0.39 is 17.4 Å². The quantitative estimate of drug-likeness (QED) is 0.401. The first-order chi connectivity index (χ1) is 17.4. The second-order valence-electron chi connectivity index (χ2n) is 9.83. The van der Waals surface area contributed by atoms with Crippen LogP contribution in [-0.4, -0.2) is 24.3 Å². The van der Waals surface area contributed by atoms with Gasteiger partial charge in [-0.15, -0.1) is 6.42 Å². The van der Waals surface area contributed by atoms with Gasteiger partial charge in [0.1, 0.15) is 0 Å². The molecule has 0 saturated heterocycles. The number of carbonyl (C=O) groups is 3. The van der Waals surface area contributed by atoms with Gasteiger partial charge in [-0.05, 0) is 83.7 Å². The summed E-state index contributed by atoms with van der Waals surface area (Å²) in [4.78, 5) is 37.2. The van der Waals surface area contributed by atoms with Crippen LogP contribution in [0.1, 0.15) is 53.6 Å². The molecule has 1 unspecified atom stereocenters. The summed E-state index contributed by atoms with van der Waals surface area (Å²) in [5.41, 5.74) is 1.63. The van der Waals surface area contributed by atoms with Crippen molar-refractivity contribution in [3.8, 4) is 12.3 Å². The largest absolute Gasteiger partial charge is 0.344 e. The zero-order valence-electron chi connectivity index (χ0n) is 19.9. The number of terminal acetylenes is 1. The minimum absolute atomic E-state index is 0.0307. The van der Waals surface area contributed by atoms with Crippen LogP contribution in [0.4, 0.5) is 0 Å². The van der Waals surface area contributed by atoms with Crippen LogP contribution < -0.4 is 26.4 Å². The number of halogens is 1. The molecule has 0 bridgehead atoms. The molecule has 0 aromatic heterocycles. The van der Waals surface area contributed by atoms with E-state index in [2.05, 4.69) is 40.1 Å². The normalized spacial score (nSPS) is 18.9. The summed E-state index contributed by atoms with van der Waals surface area (Å²) in [6.45, 7) is 0.00793. The molecule has 0 heterocycles. The highest BCUT2D eigenvalue weighted by molar-refractivity contribution is 6.35.